The van der Waals surface area contributed by atoms with Gasteiger partial charge in [-0.1, -0.05) is 17.7 Å². The van der Waals surface area contributed by atoms with Crippen LogP contribution in [-0.4, -0.2) is 34.4 Å². The molecule has 1 fully saturated rings. The molecule has 5 rings (SSSR count). The van der Waals surface area contributed by atoms with Crippen molar-refractivity contribution in [1.29, 1.82) is 0 Å². The van der Waals surface area contributed by atoms with Gasteiger partial charge in [0.05, 0.1) is 11.1 Å². The van der Waals surface area contributed by atoms with E-state index in [-0.39, 0.29) is 45.1 Å². The van der Waals surface area contributed by atoms with E-state index in [2.05, 4.69) is 15.3 Å². The number of nitrogens with one attached hydrogen (secondary N) is 1. The molecule has 2 unspecified atom stereocenters. The highest BCUT2D eigenvalue weighted by Crippen LogP contribution is 2.34. The molecule has 1 aliphatic carbocycles. The highest BCUT2D eigenvalue weighted by atomic mass is 32.2. The van der Waals surface area contributed by atoms with Crippen molar-refractivity contribution in [2.45, 2.75) is 49.6 Å². The molecule has 0 aliphatic heterocycles. The van der Waals surface area contributed by atoms with Crippen LogP contribution in [-0.2, 0) is 10.0 Å². The van der Waals surface area contributed by atoms with Gasteiger partial charge in [-0.2, -0.15) is 0 Å². The van der Waals surface area contributed by atoms with Crippen molar-refractivity contribution in [3.8, 4) is 11.4 Å². The van der Waals surface area contributed by atoms with E-state index in [9.17, 15) is 21.6 Å². The lowest BCUT2D eigenvalue weighted by molar-refractivity contribution is 0.407. The molecule has 0 saturated heterocycles. The van der Waals surface area contributed by atoms with E-state index in [1.807, 2.05) is 0 Å². The molecule has 7 nitrogen and oxygen atoms in total. The topological polar surface area (TPSA) is 103 Å². The number of hydrogen-bond acceptors (Lipinski definition) is 6. The number of aromatic nitrogens is 3. The molecule has 0 amide bonds. The number of aryl methyl sites for hydroxylation is 1. The Bertz CT molecular complexity index is 1550. The van der Waals surface area contributed by atoms with E-state index in [1.54, 1.807) is 19.1 Å². The fourth-order valence-corrected chi connectivity index (χ4v) is 5.97. The van der Waals surface area contributed by atoms with Crippen LogP contribution in [0, 0.1) is 24.4 Å². The van der Waals surface area contributed by atoms with E-state index in [0.29, 0.717) is 12.5 Å². The predicted molar refractivity (Wildman–Crippen MR) is 130 cm³/mol. The average Bonchev–Trinajstić information content (AvgIpc) is 3.21. The van der Waals surface area contributed by atoms with Gasteiger partial charge in [-0.05, 0) is 50.8 Å². The van der Waals surface area contributed by atoms with Crippen molar-refractivity contribution in [1.82, 2.24) is 13.9 Å². The Labute approximate surface area is 206 Å². The summed E-state index contributed by atoms with van der Waals surface area (Å²) in [5, 5.41) is 2.99. The molecule has 11 heteroatoms. The first kappa shape index (κ1) is 24.3. The van der Waals surface area contributed by atoms with E-state index in [4.69, 9.17) is 5.73 Å². The first-order valence-corrected chi connectivity index (χ1v) is 12.9. The summed E-state index contributed by atoms with van der Waals surface area (Å²) in [6.07, 6.45) is 5.29. The van der Waals surface area contributed by atoms with E-state index in [0.717, 1.165) is 47.3 Å². The highest BCUT2D eigenvalue weighted by Gasteiger charge is 2.27. The standard InChI is InChI=1S/C25H24F3N5O2S/c1-14-5-7-18(8-6-14)36(34,35)33-13-20(19-9-15(26)10-21(27)23(19)33)24-30-12-22(28)25(32-24)31-17-4-2-3-16(29)11-17/h5-10,12-13,16-17H,2-4,11,29H2,1H3,(H,30,31,32). The quantitative estimate of drug-likeness (QED) is 0.398. The number of hydrogen-bond donors (Lipinski definition) is 2. The van der Waals surface area contributed by atoms with Gasteiger partial charge in [-0.25, -0.2) is 35.5 Å². The van der Waals surface area contributed by atoms with E-state index in [1.165, 1.54) is 12.1 Å². The second-order valence-corrected chi connectivity index (χ2v) is 10.9. The van der Waals surface area contributed by atoms with Crippen LogP contribution in [0.5, 0.6) is 0 Å². The van der Waals surface area contributed by atoms with Gasteiger partial charge in [0.1, 0.15) is 11.3 Å². The van der Waals surface area contributed by atoms with Crippen LogP contribution in [0.25, 0.3) is 22.3 Å². The van der Waals surface area contributed by atoms with Crippen molar-refractivity contribution in [2.24, 2.45) is 5.73 Å². The van der Waals surface area contributed by atoms with Crippen LogP contribution in [0.3, 0.4) is 0 Å². The smallest absolute Gasteiger partial charge is 0.268 e. The molecule has 2 heterocycles. The molecule has 3 N–H and O–H groups in total. The zero-order valence-electron chi connectivity index (χ0n) is 19.4. The average molecular weight is 516 g/mol. The van der Waals surface area contributed by atoms with Gasteiger partial charge in [-0.3, -0.25) is 0 Å². The Hall–Kier alpha value is -3.44. The third kappa shape index (κ3) is 4.44. The lowest BCUT2D eigenvalue weighted by Gasteiger charge is -2.27. The Kier molecular flexibility index (Phi) is 6.21. The third-order valence-corrected chi connectivity index (χ3v) is 8.08. The summed E-state index contributed by atoms with van der Waals surface area (Å²) in [5.41, 5.74) is 6.57. The molecule has 2 aromatic heterocycles. The molecule has 0 radical (unpaired) electrons. The molecule has 188 valence electrons. The SMILES string of the molecule is Cc1ccc(S(=O)(=O)n2cc(-c3ncc(F)c(NC4CCCC(N)C4)n3)c3cc(F)cc(F)c32)cc1. The molecule has 36 heavy (non-hydrogen) atoms. The van der Waals surface area contributed by atoms with Crippen LogP contribution in [0.1, 0.15) is 31.2 Å². The minimum atomic E-state index is -4.26. The fraction of sp³-hybridized carbons (Fsp3) is 0.280. The summed E-state index contributed by atoms with van der Waals surface area (Å²) in [5.74, 6) is -2.83. The summed E-state index contributed by atoms with van der Waals surface area (Å²) in [7, 11) is -4.26. The van der Waals surface area contributed by atoms with Crippen LogP contribution < -0.4 is 11.1 Å². The zero-order valence-corrected chi connectivity index (χ0v) is 20.2. The van der Waals surface area contributed by atoms with E-state index >= 15 is 0 Å². The van der Waals surface area contributed by atoms with Gasteiger partial charge >= 0.3 is 0 Å². The van der Waals surface area contributed by atoms with Crippen LogP contribution in [0.2, 0.25) is 0 Å². The Morgan fingerprint density at radius 3 is 2.56 bits per heavy atom. The maximum absolute atomic E-state index is 15.0. The first-order chi connectivity index (χ1) is 17.1. The number of rotatable bonds is 5. The van der Waals surface area contributed by atoms with Crippen LogP contribution in [0.4, 0.5) is 19.0 Å². The summed E-state index contributed by atoms with van der Waals surface area (Å²) in [6, 6.07) is 7.57. The molecular weight excluding hydrogens is 491 g/mol. The lowest BCUT2D eigenvalue weighted by atomic mass is 9.92. The molecule has 2 aromatic carbocycles. The third-order valence-electron chi connectivity index (χ3n) is 6.40. The largest absolute Gasteiger partial charge is 0.365 e. The summed E-state index contributed by atoms with van der Waals surface area (Å²) < 4.78 is 71.4. The van der Waals surface area contributed by atoms with E-state index < -0.39 is 27.5 Å². The Balaban J connectivity index is 1.65. The first-order valence-electron chi connectivity index (χ1n) is 11.5. The summed E-state index contributed by atoms with van der Waals surface area (Å²) >= 11 is 0. The number of nitrogens with zero attached hydrogens (tertiary/aromatic N) is 3. The predicted octanol–water partition coefficient (Wildman–Crippen LogP) is 4.74. The van der Waals surface area contributed by atoms with Crippen LogP contribution in [0.15, 0.2) is 53.7 Å². The molecule has 2 atom stereocenters. The summed E-state index contributed by atoms with van der Waals surface area (Å²) in [6.45, 7) is 1.81. The fourth-order valence-electron chi connectivity index (χ4n) is 4.59. The van der Waals surface area contributed by atoms with Gasteiger partial charge in [0, 0.05) is 35.3 Å². The molecule has 0 spiro atoms. The van der Waals surface area contributed by atoms with Gasteiger partial charge in [0.2, 0.25) is 0 Å². The van der Waals surface area contributed by atoms with Crippen molar-refractivity contribution in [3.05, 3.63) is 71.8 Å². The van der Waals surface area contributed by atoms with Gasteiger partial charge < -0.3 is 11.1 Å². The molecular formula is C25H24F3N5O2S. The van der Waals surface area contributed by atoms with Gasteiger partial charge in [-0.15, -0.1) is 0 Å². The monoisotopic (exact) mass is 515 g/mol. The van der Waals surface area contributed by atoms with Crippen LogP contribution >= 0.6 is 0 Å². The number of benzene rings is 2. The van der Waals surface area contributed by atoms with Gasteiger partial charge in [0.25, 0.3) is 10.0 Å². The Morgan fingerprint density at radius 2 is 1.83 bits per heavy atom. The Morgan fingerprint density at radius 1 is 1.08 bits per heavy atom. The maximum atomic E-state index is 15.0. The molecule has 0 bridgehead atoms. The summed E-state index contributed by atoms with van der Waals surface area (Å²) in [4.78, 5) is 8.19. The van der Waals surface area contributed by atoms with Crippen molar-refractivity contribution in [3.63, 3.8) is 0 Å². The molecule has 1 saturated carbocycles. The highest BCUT2D eigenvalue weighted by molar-refractivity contribution is 7.90. The number of nitrogens with two attached hydrogens (primary N) is 1. The number of anilines is 1. The van der Waals surface area contributed by atoms with Gasteiger partial charge in [0.15, 0.2) is 23.3 Å². The molecule has 4 aromatic rings. The molecule has 1 aliphatic rings. The number of halogens is 3. The number of fused-ring (bicyclic) bond motifs is 1. The second-order valence-electron chi connectivity index (χ2n) is 9.10. The second kappa shape index (κ2) is 9.21. The van der Waals surface area contributed by atoms with Crippen molar-refractivity contribution >= 4 is 26.7 Å². The maximum Gasteiger partial charge on any atom is 0.268 e. The van der Waals surface area contributed by atoms with Crippen molar-refractivity contribution in [2.75, 3.05) is 5.32 Å². The minimum absolute atomic E-state index is 0.00322. The normalized spacial score (nSPS) is 18.5. The minimum Gasteiger partial charge on any atom is -0.365 e. The zero-order chi connectivity index (χ0) is 25.6. The van der Waals surface area contributed by atoms with Crippen molar-refractivity contribution < 1.29 is 21.6 Å². The lowest BCUT2D eigenvalue weighted by Crippen LogP contribution is -2.35.